The molecule has 0 aliphatic carbocycles. The van der Waals surface area contributed by atoms with E-state index in [4.69, 9.17) is 9.47 Å². The van der Waals surface area contributed by atoms with Crippen LogP contribution in [0.4, 0.5) is 50.9 Å². The molecule has 0 fully saturated rings. The third-order valence-corrected chi connectivity index (χ3v) is 8.48. The Balaban J connectivity index is 2.68. The van der Waals surface area contributed by atoms with Crippen LogP contribution in [-0.2, 0) is 25.5 Å². The molecule has 3 atom stereocenters. The van der Waals surface area contributed by atoms with Gasteiger partial charge in [-0.1, -0.05) is 48.7 Å². The van der Waals surface area contributed by atoms with Crippen LogP contribution in [0.25, 0.3) is 0 Å². The highest BCUT2D eigenvalue weighted by atomic mass is 127. The van der Waals surface area contributed by atoms with Gasteiger partial charge >= 0.3 is 18.5 Å². The van der Waals surface area contributed by atoms with Gasteiger partial charge in [0.25, 0.3) is 5.60 Å². The summed E-state index contributed by atoms with van der Waals surface area (Å²) in [5, 5.41) is 0. The van der Waals surface area contributed by atoms with Gasteiger partial charge in [0.1, 0.15) is 12.0 Å². The van der Waals surface area contributed by atoms with Gasteiger partial charge in [-0.25, -0.2) is 4.79 Å². The second kappa shape index (κ2) is 13.5. The van der Waals surface area contributed by atoms with Crippen LogP contribution < -0.4 is 4.90 Å². The number of aliphatic imine (C=N–C) groups is 1. The summed E-state index contributed by atoms with van der Waals surface area (Å²) in [6.45, 7) is 4.97. The second-order valence-electron chi connectivity index (χ2n) is 11.1. The van der Waals surface area contributed by atoms with Gasteiger partial charge in [-0.15, -0.1) is 0 Å². The van der Waals surface area contributed by atoms with Gasteiger partial charge in [-0.05, 0) is 61.9 Å². The lowest BCUT2D eigenvalue weighted by Crippen LogP contribution is -2.60. The molecule has 0 N–H and O–H groups in total. The number of aryl methyl sites for hydroxylation is 2. The molecule has 0 saturated heterocycles. The molecule has 15 heteroatoms. The summed E-state index contributed by atoms with van der Waals surface area (Å²) >= 11 is 1.50. The number of ether oxygens (including phenoxy) is 2. The number of fused-ring (bicyclic) bond motifs is 2. The number of halogens is 10. The SMILES string of the molecule is CCCC1(C(F)(F)F)OC(/C(CC(I)=C=O)=N\C)C(C)OC(C(F)(F)F)(C(F)(F)F)c2cc(C)ccc2N(C)c2ccc(C)cc21. The summed E-state index contributed by atoms with van der Waals surface area (Å²) in [4.78, 5) is 16.1. The number of anilines is 2. The Kier molecular flexibility index (Phi) is 11.1. The van der Waals surface area contributed by atoms with Crippen molar-refractivity contribution < 1.29 is 53.8 Å². The van der Waals surface area contributed by atoms with Crippen molar-refractivity contribution >= 4 is 45.6 Å². The van der Waals surface area contributed by atoms with Crippen LogP contribution >= 0.6 is 22.6 Å². The smallest absolute Gasteiger partial charge is 0.349 e. The lowest BCUT2D eigenvalue weighted by atomic mass is 9.84. The predicted molar refractivity (Wildman–Crippen MR) is 163 cm³/mol. The summed E-state index contributed by atoms with van der Waals surface area (Å²) in [5.41, 5.74) is -11.4. The minimum atomic E-state index is -6.18. The standard InChI is InChI=1S/C31H32F9IN2O3/c1-7-12-27(29(32,33)34)21-13-17(2)8-10-24(21)43(6)25-11-9-18(3)14-22(25)28(30(35,36)37,31(38,39)40)45-19(4)26(46-27)23(42-5)15-20(41)16-44/h8-11,13-14,19,26H,7,12,15H2,1-6H3/b42-23-. The van der Waals surface area contributed by atoms with E-state index in [2.05, 4.69) is 4.99 Å². The minimum absolute atomic E-state index is 0.00480. The maximum Gasteiger partial charge on any atom is 0.430 e. The number of benzene rings is 2. The van der Waals surface area contributed by atoms with Gasteiger partial charge in [0.15, 0.2) is 5.60 Å². The Morgan fingerprint density at radius 3 is 1.85 bits per heavy atom. The van der Waals surface area contributed by atoms with E-state index >= 15 is 39.5 Å². The molecular formula is C31H32F9IN2O3. The second-order valence-corrected chi connectivity index (χ2v) is 12.4. The number of hydrogen-bond acceptors (Lipinski definition) is 5. The highest BCUT2D eigenvalue weighted by Gasteiger charge is 2.75. The molecule has 2 aromatic carbocycles. The molecule has 0 amide bonds. The Hall–Kier alpha value is -2.62. The van der Waals surface area contributed by atoms with Gasteiger partial charge in [0.05, 0.1) is 9.68 Å². The summed E-state index contributed by atoms with van der Waals surface area (Å²) in [6, 6.07) is 6.64. The number of allylic oxidation sites excluding steroid dienone is 1. The van der Waals surface area contributed by atoms with E-state index in [-0.39, 0.29) is 21.3 Å². The predicted octanol–water partition coefficient (Wildman–Crippen LogP) is 9.36. The van der Waals surface area contributed by atoms with Crippen molar-refractivity contribution in [2.24, 2.45) is 4.99 Å². The summed E-state index contributed by atoms with van der Waals surface area (Å²) in [6.07, 6.45) is -23.7. The Morgan fingerprint density at radius 2 is 1.41 bits per heavy atom. The van der Waals surface area contributed by atoms with E-state index in [9.17, 15) is 4.79 Å². The molecule has 0 spiro atoms. The fourth-order valence-electron chi connectivity index (χ4n) is 5.75. The average Bonchev–Trinajstić information content (AvgIpc) is 2.94. The summed E-state index contributed by atoms with van der Waals surface area (Å²) in [5.74, 6) is 1.52. The molecule has 1 aliphatic heterocycles. The van der Waals surface area contributed by atoms with E-state index < -0.39 is 77.3 Å². The minimum Gasteiger partial charge on any atom is -0.349 e. The van der Waals surface area contributed by atoms with Crippen LogP contribution in [0.3, 0.4) is 0 Å². The lowest BCUT2D eigenvalue weighted by molar-refractivity contribution is -0.403. The molecule has 3 unspecified atom stereocenters. The van der Waals surface area contributed by atoms with Gasteiger partial charge in [-0.2, -0.15) is 39.5 Å². The van der Waals surface area contributed by atoms with Gasteiger partial charge in [-0.3, -0.25) is 4.99 Å². The van der Waals surface area contributed by atoms with Crippen LogP contribution in [-0.4, -0.2) is 56.5 Å². The highest BCUT2D eigenvalue weighted by Crippen LogP contribution is 2.58. The molecule has 0 radical (unpaired) electrons. The molecule has 254 valence electrons. The fourth-order valence-corrected chi connectivity index (χ4v) is 6.14. The Labute approximate surface area is 274 Å². The molecule has 1 aliphatic rings. The number of hydrogen-bond donors (Lipinski definition) is 0. The van der Waals surface area contributed by atoms with Crippen molar-refractivity contribution in [3.05, 3.63) is 62.2 Å². The normalized spacial score (nSPS) is 22.8. The topological polar surface area (TPSA) is 51.1 Å². The summed E-state index contributed by atoms with van der Waals surface area (Å²) < 4.78 is 149. The maximum absolute atomic E-state index is 15.6. The lowest BCUT2D eigenvalue weighted by Gasteiger charge is -2.44. The van der Waals surface area contributed by atoms with Crippen molar-refractivity contribution in [3.63, 3.8) is 0 Å². The van der Waals surface area contributed by atoms with Crippen molar-refractivity contribution in [1.82, 2.24) is 0 Å². The molecule has 3 rings (SSSR count). The summed E-state index contributed by atoms with van der Waals surface area (Å²) in [7, 11) is 2.16. The molecule has 5 nitrogen and oxygen atoms in total. The van der Waals surface area contributed by atoms with Crippen LogP contribution in [0.5, 0.6) is 0 Å². The van der Waals surface area contributed by atoms with Gasteiger partial charge in [0, 0.05) is 48.7 Å². The molecule has 46 heavy (non-hydrogen) atoms. The van der Waals surface area contributed by atoms with Crippen LogP contribution in [0.15, 0.2) is 45.0 Å². The Morgan fingerprint density at radius 1 is 0.913 bits per heavy atom. The van der Waals surface area contributed by atoms with Gasteiger partial charge < -0.3 is 14.4 Å². The largest absolute Gasteiger partial charge is 0.430 e. The highest BCUT2D eigenvalue weighted by molar-refractivity contribution is 14.1. The molecule has 1 heterocycles. The van der Waals surface area contributed by atoms with Crippen molar-refractivity contribution in [2.45, 2.75) is 88.9 Å². The maximum atomic E-state index is 15.6. The van der Waals surface area contributed by atoms with Gasteiger partial charge in [0.2, 0.25) is 0 Å². The zero-order chi connectivity index (χ0) is 35.0. The fraction of sp³-hybridized carbons (Fsp3) is 0.516. The third-order valence-electron chi connectivity index (χ3n) is 7.88. The van der Waals surface area contributed by atoms with E-state index in [1.54, 1.807) is 0 Å². The number of nitrogens with zero attached hydrogens (tertiary/aromatic N) is 2. The average molecular weight is 778 g/mol. The van der Waals surface area contributed by atoms with Crippen molar-refractivity contribution in [3.8, 4) is 0 Å². The quantitative estimate of drug-likeness (QED) is 0.132. The number of carbonyl (C=O) groups excluding carboxylic acids is 1. The first-order valence-corrected chi connectivity index (χ1v) is 15.1. The number of rotatable bonds is 5. The monoisotopic (exact) mass is 778 g/mol. The molecule has 0 saturated carbocycles. The van der Waals surface area contributed by atoms with Crippen LogP contribution in [0.2, 0.25) is 0 Å². The molecule has 0 bridgehead atoms. The first-order valence-electron chi connectivity index (χ1n) is 14.0. The number of alkyl halides is 9. The zero-order valence-electron chi connectivity index (χ0n) is 25.6. The van der Waals surface area contributed by atoms with Crippen LogP contribution in [0, 0.1) is 13.8 Å². The van der Waals surface area contributed by atoms with Crippen molar-refractivity contribution in [2.75, 3.05) is 19.0 Å². The first kappa shape index (κ1) is 37.8. The molecule has 2 aromatic rings. The van der Waals surface area contributed by atoms with E-state index in [0.29, 0.717) is 11.6 Å². The third kappa shape index (κ3) is 6.70. The molecular weight excluding hydrogens is 746 g/mol. The van der Waals surface area contributed by atoms with E-state index in [0.717, 1.165) is 38.1 Å². The Bertz CT molecular complexity index is 1500. The molecule has 0 aromatic heterocycles. The van der Waals surface area contributed by atoms with E-state index in [1.165, 1.54) is 67.5 Å². The van der Waals surface area contributed by atoms with E-state index in [1.807, 2.05) is 0 Å². The van der Waals surface area contributed by atoms with Crippen LogP contribution in [0.1, 0.15) is 55.4 Å². The first-order chi connectivity index (χ1) is 21.1. The zero-order valence-corrected chi connectivity index (χ0v) is 27.8. The van der Waals surface area contributed by atoms with Crippen molar-refractivity contribution in [1.29, 1.82) is 0 Å².